The van der Waals surface area contributed by atoms with E-state index < -0.39 is 54.7 Å². The van der Waals surface area contributed by atoms with Crippen LogP contribution in [0.3, 0.4) is 0 Å². The van der Waals surface area contributed by atoms with Crippen molar-refractivity contribution in [3.8, 4) is 6.07 Å². The molecule has 32 heavy (non-hydrogen) atoms. The molecule has 0 saturated carbocycles. The second-order valence-corrected chi connectivity index (χ2v) is 8.41. The fraction of sp³-hybridized carbons (Fsp3) is 0.476. The molecule has 0 radical (unpaired) electrons. The number of hydrogen-bond donors (Lipinski definition) is 2. The summed E-state index contributed by atoms with van der Waals surface area (Å²) in [5.41, 5.74) is 1.67. The van der Waals surface area contributed by atoms with Crippen LogP contribution in [-0.4, -0.2) is 63.1 Å². The van der Waals surface area contributed by atoms with Gasteiger partial charge in [0, 0.05) is 31.8 Å². The summed E-state index contributed by atoms with van der Waals surface area (Å²) >= 11 is 0. The molecule has 1 aromatic carbocycles. The first kappa shape index (κ1) is 21.7. The van der Waals surface area contributed by atoms with Gasteiger partial charge in [-0.3, -0.25) is 14.4 Å². The summed E-state index contributed by atoms with van der Waals surface area (Å²) in [5, 5.41) is 20.6. The number of nitriles is 1. The van der Waals surface area contributed by atoms with Gasteiger partial charge in [-0.05, 0) is 29.7 Å². The van der Waals surface area contributed by atoms with Gasteiger partial charge in [0.25, 0.3) is 5.92 Å². The highest BCUT2D eigenvalue weighted by Crippen LogP contribution is 2.34. The van der Waals surface area contributed by atoms with E-state index in [0.717, 1.165) is 16.0 Å². The minimum Gasteiger partial charge on any atom is -0.478 e. The van der Waals surface area contributed by atoms with Crippen LogP contribution in [0.4, 0.5) is 8.78 Å². The average Bonchev–Trinajstić information content (AvgIpc) is 3.41. The number of nitrogens with one attached hydrogen (secondary N) is 1. The van der Waals surface area contributed by atoms with Gasteiger partial charge in [0.05, 0.1) is 18.2 Å². The molecule has 0 aromatic heterocycles. The van der Waals surface area contributed by atoms with E-state index in [4.69, 9.17) is 10.4 Å². The Morgan fingerprint density at radius 2 is 1.97 bits per heavy atom. The van der Waals surface area contributed by atoms with Gasteiger partial charge in [-0.25, -0.2) is 13.6 Å². The topological polar surface area (TPSA) is 131 Å². The van der Waals surface area contributed by atoms with E-state index in [1.165, 1.54) is 17.0 Å². The molecule has 3 aliphatic heterocycles. The van der Waals surface area contributed by atoms with E-state index in [1.807, 2.05) is 0 Å². The lowest BCUT2D eigenvalue weighted by atomic mass is 9.99. The smallest absolute Gasteiger partial charge is 0.335 e. The second kappa shape index (κ2) is 7.85. The van der Waals surface area contributed by atoms with Gasteiger partial charge in [-0.2, -0.15) is 5.26 Å². The van der Waals surface area contributed by atoms with E-state index in [-0.39, 0.29) is 37.4 Å². The molecule has 0 aliphatic carbocycles. The van der Waals surface area contributed by atoms with Gasteiger partial charge < -0.3 is 20.2 Å². The van der Waals surface area contributed by atoms with Crippen molar-refractivity contribution >= 4 is 23.7 Å². The van der Waals surface area contributed by atoms with E-state index in [0.29, 0.717) is 0 Å². The number of nitrogens with zero attached hydrogens (tertiary/aromatic N) is 3. The Kier molecular flexibility index (Phi) is 5.32. The van der Waals surface area contributed by atoms with Gasteiger partial charge in [0.15, 0.2) is 0 Å². The van der Waals surface area contributed by atoms with E-state index in [9.17, 15) is 28.0 Å². The normalized spacial score (nSPS) is 25.9. The van der Waals surface area contributed by atoms with Crippen molar-refractivity contribution in [2.45, 2.75) is 50.4 Å². The van der Waals surface area contributed by atoms with Crippen LogP contribution in [0.15, 0.2) is 18.2 Å². The molecule has 0 bridgehead atoms. The third kappa shape index (κ3) is 4.00. The quantitative estimate of drug-likeness (QED) is 0.706. The number of carboxylic acid groups (broad SMARTS) is 1. The molecule has 3 aliphatic rings. The van der Waals surface area contributed by atoms with Crippen LogP contribution in [0.25, 0.3) is 0 Å². The van der Waals surface area contributed by atoms with Crippen molar-refractivity contribution in [1.82, 2.24) is 15.1 Å². The van der Waals surface area contributed by atoms with Crippen LogP contribution in [0.5, 0.6) is 0 Å². The average molecular weight is 446 g/mol. The number of aromatic carboxylic acids is 1. The summed E-state index contributed by atoms with van der Waals surface area (Å²) in [7, 11) is 0. The Morgan fingerprint density at radius 1 is 1.25 bits per heavy atom. The molecular weight excluding hydrogens is 426 g/mol. The molecular formula is C21H20F2N4O5. The predicted molar refractivity (Wildman–Crippen MR) is 103 cm³/mol. The maximum atomic E-state index is 13.6. The number of carbonyl (C=O) groups is 4. The van der Waals surface area contributed by atoms with Gasteiger partial charge in [0.1, 0.15) is 12.1 Å². The highest BCUT2D eigenvalue weighted by atomic mass is 19.3. The summed E-state index contributed by atoms with van der Waals surface area (Å²) in [4.78, 5) is 51.2. The number of amides is 3. The molecule has 0 spiro atoms. The van der Waals surface area contributed by atoms with Crippen molar-refractivity contribution in [3.05, 3.63) is 34.9 Å². The van der Waals surface area contributed by atoms with Crippen molar-refractivity contribution < 1.29 is 33.1 Å². The van der Waals surface area contributed by atoms with Crippen LogP contribution in [0.2, 0.25) is 0 Å². The van der Waals surface area contributed by atoms with E-state index in [1.54, 1.807) is 12.1 Å². The summed E-state index contributed by atoms with van der Waals surface area (Å²) < 4.78 is 27.3. The van der Waals surface area contributed by atoms with Gasteiger partial charge in [-0.1, -0.05) is 6.07 Å². The number of alkyl halides is 2. The van der Waals surface area contributed by atoms with Crippen LogP contribution < -0.4 is 5.32 Å². The van der Waals surface area contributed by atoms with Crippen LogP contribution >= 0.6 is 0 Å². The second-order valence-electron chi connectivity index (χ2n) is 8.41. The van der Waals surface area contributed by atoms with Crippen LogP contribution in [-0.2, 0) is 27.5 Å². The summed E-state index contributed by atoms with van der Waals surface area (Å²) in [6, 6.07) is 4.02. The number of carboxylic acids is 1. The maximum Gasteiger partial charge on any atom is 0.335 e. The lowest BCUT2D eigenvalue weighted by Crippen LogP contribution is -2.46. The molecule has 1 aromatic rings. The molecule has 168 valence electrons. The van der Waals surface area contributed by atoms with Gasteiger partial charge in [0.2, 0.25) is 17.7 Å². The zero-order chi connectivity index (χ0) is 23.2. The Hall–Kier alpha value is -3.55. The third-order valence-corrected chi connectivity index (χ3v) is 6.16. The number of halogens is 2. The maximum absolute atomic E-state index is 13.6. The fourth-order valence-corrected chi connectivity index (χ4v) is 4.49. The first-order chi connectivity index (χ1) is 15.1. The summed E-state index contributed by atoms with van der Waals surface area (Å²) in [5.74, 6) is -6.59. The molecule has 2 saturated heterocycles. The molecule has 9 nitrogen and oxygen atoms in total. The number of likely N-dealkylation sites (tertiary alicyclic amines) is 1. The number of benzene rings is 1. The first-order valence-electron chi connectivity index (χ1n) is 10.1. The van der Waals surface area contributed by atoms with Crippen molar-refractivity contribution in [1.29, 1.82) is 5.26 Å². The highest BCUT2D eigenvalue weighted by Gasteiger charge is 2.50. The van der Waals surface area contributed by atoms with E-state index in [2.05, 4.69) is 5.32 Å². The van der Waals surface area contributed by atoms with Crippen molar-refractivity contribution in [3.63, 3.8) is 0 Å². The van der Waals surface area contributed by atoms with Crippen LogP contribution in [0.1, 0.15) is 40.7 Å². The largest absolute Gasteiger partial charge is 0.478 e. The third-order valence-electron chi connectivity index (χ3n) is 6.16. The molecule has 3 heterocycles. The van der Waals surface area contributed by atoms with Gasteiger partial charge in [-0.15, -0.1) is 0 Å². The van der Waals surface area contributed by atoms with E-state index >= 15 is 0 Å². The monoisotopic (exact) mass is 446 g/mol. The Labute approximate surface area is 181 Å². The fourth-order valence-electron chi connectivity index (χ4n) is 4.49. The summed E-state index contributed by atoms with van der Waals surface area (Å²) in [6.07, 6.45) is -0.919. The minimum atomic E-state index is -3.15. The predicted octanol–water partition coefficient (Wildman–Crippen LogP) is 0.882. The molecule has 4 rings (SSSR count). The molecule has 11 heteroatoms. The number of hydrogen-bond acceptors (Lipinski definition) is 5. The standard InChI is InChI=1S/C21H20F2N4O5/c22-21(23)6-15(7-24)27(10-21)19(30)16-4-13(18(29)25-16)5-17(28)26-8-12-2-1-11(20(31)32)3-14(12)9-26/h1-3,13,15-16H,4-6,8-10H2,(H,25,29)(H,31,32)/t13-,15-,16?/m0/s1. The van der Waals surface area contributed by atoms with Crippen molar-refractivity contribution in [2.24, 2.45) is 5.92 Å². The highest BCUT2D eigenvalue weighted by molar-refractivity contribution is 5.94. The molecule has 1 unspecified atom stereocenters. The Balaban J connectivity index is 1.37. The zero-order valence-corrected chi connectivity index (χ0v) is 16.9. The molecule has 2 fully saturated rings. The molecule has 3 amide bonds. The van der Waals surface area contributed by atoms with Crippen molar-refractivity contribution in [2.75, 3.05) is 6.54 Å². The first-order valence-corrected chi connectivity index (χ1v) is 10.1. The lowest BCUT2D eigenvalue weighted by molar-refractivity contribution is -0.135. The van der Waals surface area contributed by atoms with Crippen LogP contribution in [0, 0.1) is 17.2 Å². The Bertz CT molecular complexity index is 1050. The number of carbonyl (C=O) groups excluding carboxylic acids is 3. The summed E-state index contributed by atoms with van der Waals surface area (Å²) in [6.45, 7) is -0.361. The number of fused-ring (bicyclic) bond motifs is 1. The minimum absolute atomic E-state index is 0.0203. The Morgan fingerprint density at radius 3 is 2.66 bits per heavy atom. The lowest BCUT2D eigenvalue weighted by Gasteiger charge is -2.22. The zero-order valence-electron chi connectivity index (χ0n) is 16.9. The number of rotatable bonds is 4. The SMILES string of the molecule is N#C[C@@H]1CC(F)(F)CN1C(=O)C1C[C@@H](CC(=O)N2Cc3ccc(C(=O)O)cc3C2)C(=O)N1. The molecule has 2 N–H and O–H groups in total. The van der Waals surface area contributed by atoms with Gasteiger partial charge >= 0.3 is 5.97 Å². The molecule has 3 atom stereocenters.